The molecule has 2 rings (SSSR count). The highest BCUT2D eigenvalue weighted by atomic mass is 14.7. The van der Waals surface area contributed by atoms with E-state index < -0.39 is 0 Å². The average molecular weight is 187 g/mol. The van der Waals surface area contributed by atoms with Crippen LogP contribution in [0.1, 0.15) is 39.3 Å². The molecule has 0 atom stereocenters. The highest BCUT2D eigenvalue weighted by molar-refractivity contribution is 5.36. The Balaban J connectivity index is 2.62. The van der Waals surface area contributed by atoms with Gasteiger partial charge < -0.3 is 0 Å². The number of hydrogen-bond donors (Lipinski definition) is 0. The molecule has 0 spiro atoms. The van der Waals surface area contributed by atoms with E-state index >= 15 is 0 Å². The molecule has 0 saturated heterocycles. The zero-order valence-electron chi connectivity index (χ0n) is 9.17. The van der Waals surface area contributed by atoms with E-state index in [0.29, 0.717) is 0 Å². The third-order valence-electron chi connectivity index (χ3n) is 2.59. The van der Waals surface area contributed by atoms with Gasteiger partial charge in [-0.2, -0.15) is 0 Å². The van der Waals surface area contributed by atoms with Crippen LogP contribution in [0.5, 0.6) is 0 Å². The lowest BCUT2D eigenvalue weighted by molar-refractivity contribution is 0.566. The zero-order chi connectivity index (χ0) is 10.2. The summed E-state index contributed by atoms with van der Waals surface area (Å²) in [6.45, 7) is 6.61. The second kappa shape index (κ2) is 3.23. The van der Waals surface area contributed by atoms with E-state index in [0.717, 1.165) is 12.8 Å². The Morgan fingerprint density at radius 1 is 1.07 bits per heavy atom. The summed E-state index contributed by atoms with van der Waals surface area (Å²) in [6.07, 6.45) is 6.80. The molecule has 0 aromatic carbocycles. The second-order valence-electron chi connectivity index (χ2n) is 4.91. The minimum atomic E-state index is 0.153. The van der Waals surface area contributed by atoms with Crippen LogP contribution in [0.4, 0.5) is 0 Å². The van der Waals surface area contributed by atoms with Gasteiger partial charge in [0.2, 0.25) is 0 Å². The topological polar surface area (TPSA) is 12.9 Å². The molecule has 0 radical (unpaired) electrons. The van der Waals surface area contributed by atoms with Gasteiger partial charge in [0.15, 0.2) is 0 Å². The molecule has 1 aromatic heterocycles. The summed E-state index contributed by atoms with van der Waals surface area (Å²) >= 11 is 0. The lowest BCUT2D eigenvalue weighted by Crippen LogP contribution is -2.33. The Kier molecular flexibility index (Phi) is 2.18. The van der Waals surface area contributed by atoms with Gasteiger partial charge in [-0.3, -0.25) is 4.98 Å². The Labute approximate surface area is 85.2 Å². The first-order chi connectivity index (χ1) is 6.57. The molecule has 0 unspecified atom stereocenters. The molecule has 0 N–H and O–H groups in total. The molecule has 0 aliphatic heterocycles. The molecule has 0 amide bonds. The fourth-order valence-electron chi connectivity index (χ4n) is 1.70. The van der Waals surface area contributed by atoms with E-state index in [9.17, 15) is 0 Å². The van der Waals surface area contributed by atoms with Gasteiger partial charge in [0.1, 0.15) is 0 Å². The van der Waals surface area contributed by atoms with E-state index in [1.165, 1.54) is 16.3 Å². The van der Waals surface area contributed by atoms with Crippen LogP contribution in [0.3, 0.4) is 0 Å². The average Bonchev–Trinajstić information content (AvgIpc) is 2.16. The van der Waals surface area contributed by atoms with Gasteiger partial charge in [-0.15, -0.1) is 0 Å². The van der Waals surface area contributed by atoms with E-state index in [2.05, 4.69) is 45.1 Å². The van der Waals surface area contributed by atoms with Crippen molar-refractivity contribution in [2.75, 3.05) is 0 Å². The second-order valence-corrected chi connectivity index (χ2v) is 4.91. The summed E-state index contributed by atoms with van der Waals surface area (Å²) in [5, 5.41) is 2.47. The van der Waals surface area contributed by atoms with Crippen LogP contribution >= 0.6 is 0 Å². The molecule has 0 fully saturated rings. The Bertz CT molecular complexity index is 449. The van der Waals surface area contributed by atoms with Gasteiger partial charge in [0.25, 0.3) is 0 Å². The van der Waals surface area contributed by atoms with Crippen molar-refractivity contribution in [3.05, 3.63) is 28.4 Å². The van der Waals surface area contributed by atoms with Crippen molar-refractivity contribution in [2.24, 2.45) is 0 Å². The molecule has 1 heteroatoms. The first kappa shape index (κ1) is 9.45. The monoisotopic (exact) mass is 187 g/mol. The first-order valence-corrected chi connectivity index (χ1v) is 5.25. The number of pyridine rings is 1. The van der Waals surface area contributed by atoms with Crippen molar-refractivity contribution < 1.29 is 0 Å². The Hall–Kier alpha value is -1.11. The molecular formula is C13H17N. The summed E-state index contributed by atoms with van der Waals surface area (Å²) in [4.78, 5) is 4.70. The SMILES string of the molecule is CC(C)(C)c1ccc2c(n1)=CCCC=2. The maximum atomic E-state index is 4.70. The quantitative estimate of drug-likeness (QED) is 0.603. The van der Waals surface area contributed by atoms with Crippen LogP contribution in [-0.2, 0) is 5.41 Å². The van der Waals surface area contributed by atoms with E-state index in [1.807, 2.05) is 0 Å². The maximum Gasteiger partial charge on any atom is 0.0662 e. The molecule has 1 nitrogen and oxygen atoms in total. The Morgan fingerprint density at radius 2 is 1.79 bits per heavy atom. The molecular weight excluding hydrogens is 170 g/mol. The van der Waals surface area contributed by atoms with Gasteiger partial charge in [0.05, 0.1) is 5.35 Å². The molecule has 0 bridgehead atoms. The first-order valence-electron chi connectivity index (χ1n) is 5.25. The van der Waals surface area contributed by atoms with Gasteiger partial charge in [-0.1, -0.05) is 39.0 Å². The minimum Gasteiger partial charge on any atom is -0.253 e. The molecule has 1 heterocycles. The van der Waals surface area contributed by atoms with Gasteiger partial charge in [-0.25, -0.2) is 0 Å². The van der Waals surface area contributed by atoms with Crippen molar-refractivity contribution >= 4 is 12.2 Å². The summed E-state index contributed by atoms with van der Waals surface area (Å²) in [5.74, 6) is 0. The van der Waals surface area contributed by atoms with Crippen molar-refractivity contribution in [3.8, 4) is 0 Å². The van der Waals surface area contributed by atoms with Crippen molar-refractivity contribution in [2.45, 2.75) is 39.0 Å². The normalized spacial score (nSPS) is 15.4. The smallest absolute Gasteiger partial charge is 0.0662 e. The summed E-state index contributed by atoms with van der Waals surface area (Å²) in [5.41, 5.74) is 1.34. The predicted molar refractivity (Wildman–Crippen MR) is 60.4 cm³/mol. The molecule has 1 aliphatic rings. The van der Waals surface area contributed by atoms with Crippen molar-refractivity contribution in [1.29, 1.82) is 0 Å². The van der Waals surface area contributed by atoms with Crippen LogP contribution in [0.15, 0.2) is 12.1 Å². The van der Waals surface area contributed by atoms with E-state index in [1.54, 1.807) is 0 Å². The van der Waals surface area contributed by atoms with Crippen LogP contribution in [0, 0.1) is 0 Å². The van der Waals surface area contributed by atoms with Gasteiger partial charge >= 0.3 is 0 Å². The molecule has 0 saturated carbocycles. The fraction of sp³-hybridized carbons (Fsp3) is 0.462. The summed E-state index contributed by atoms with van der Waals surface area (Å²) in [6, 6.07) is 4.34. The van der Waals surface area contributed by atoms with Crippen LogP contribution in [0.2, 0.25) is 0 Å². The molecule has 74 valence electrons. The highest BCUT2D eigenvalue weighted by Crippen LogP contribution is 2.17. The maximum absolute atomic E-state index is 4.70. The van der Waals surface area contributed by atoms with Crippen LogP contribution in [-0.4, -0.2) is 4.98 Å². The van der Waals surface area contributed by atoms with Crippen LogP contribution < -0.4 is 10.6 Å². The summed E-state index contributed by atoms with van der Waals surface area (Å²) < 4.78 is 0. The predicted octanol–water partition coefficient (Wildman–Crippen LogP) is 1.73. The third-order valence-corrected chi connectivity index (χ3v) is 2.59. The third kappa shape index (κ3) is 1.72. The number of hydrogen-bond acceptors (Lipinski definition) is 1. The largest absolute Gasteiger partial charge is 0.253 e. The molecule has 14 heavy (non-hydrogen) atoms. The van der Waals surface area contributed by atoms with Crippen molar-refractivity contribution in [1.82, 2.24) is 4.98 Å². The minimum absolute atomic E-state index is 0.153. The van der Waals surface area contributed by atoms with E-state index in [-0.39, 0.29) is 5.41 Å². The standard InChI is InChI=1S/C13H17N/c1-13(2,3)12-9-8-10-6-4-5-7-11(10)14-12/h6-9H,4-5H2,1-3H3. The lowest BCUT2D eigenvalue weighted by atomic mass is 9.91. The zero-order valence-corrected chi connectivity index (χ0v) is 9.17. The molecule has 1 aliphatic carbocycles. The van der Waals surface area contributed by atoms with Crippen molar-refractivity contribution in [3.63, 3.8) is 0 Å². The summed E-state index contributed by atoms with van der Waals surface area (Å²) in [7, 11) is 0. The lowest BCUT2D eigenvalue weighted by Gasteiger charge is -2.17. The van der Waals surface area contributed by atoms with Gasteiger partial charge in [-0.05, 0) is 24.1 Å². The number of rotatable bonds is 0. The highest BCUT2D eigenvalue weighted by Gasteiger charge is 2.14. The number of aromatic nitrogens is 1. The van der Waals surface area contributed by atoms with Crippen LogP contribution in [0.25, 0.3) is 12.2 Å². The number of fused-ring (bicyclic) bond motifs is 1. The fourth-order valence-corrected chi connectivity index (χ4v) is 1.70. The number of nitrogens with zero attached hydrogens (tertiary/aromatic N) is 1. The van der Waals surface area contributed by atoms with Gasteiger partial charge in [0, 0.05) is 11.1 Å². The Morgan fingerprint density at radius 3 is 2.50 bits per heavy atom. The van der Waals surface area contributed by atoms with E-state index in [4.69, 9.17) is 4.98 Å². The molecule has 1 aromatic rings.